The Morgan fingerprint density at radius 1 is 1.07 bits per heavy atom. The van der Waals surface area contributed by atoms with Gasteiger partial charge in [0.05, 0.1) is 11.6 Å². The van der Waals surface area contributed by atoms with Gasteiger partial charge < -0.3 is 10.0 Å². The van der Waals surface area contributed by atoms with Gasteiger partial charge in [0.1, 0.15) is 5.76 Å². The molecule has 1 aliphatic rings. The van der Waals surface area contributed by atoms with Crippen molar-refractivity contribution in [1.82, 2.24) is 9.88 Å². The molecule has 0 aliphatic carbocycles. The Bertz CT molecular complexity index is 1120. The number of aliphatic hydroxyl groups is 1. The highest BCUT2D eigenvalue weighted by atomic mass is 35.5. The standard InChI is InChI=1S/C24H19ClN2O3/c1-15-4-6-17(7-5-15)21-20(22(28)18-8-10-19(25)11-9-18)23(29)24(30)27(21)14-16-3-2-12-26-13-16/h2-13,21,28H,14H2,1H3/b22-20+/t21-/m1/s1. The molecule has 1 saturated heterocycles. The average Bonchev–Trinajstić information content (AvgIpc) is 3.00. The van der Waals surface area contributed by atoms with Crippen molar-refractivity contribution in [2.45, 2.75) is 19.5 Å². The Hall–Kier alpha value is -3.44. The average molecular weight is 419 g/mol. The molecule has 150 valence electrons. The molecule has 0 spiro atoms. The van der Waals surface area contributed by atoms with Crippen molar-refractivity contribution in [3.8, 4) is 0 Å². The predicted octanol–water partition coefficient (Wildman–Crippen LogP) is 4.67. The lowest BCUT2D eigenvalue weighted by Crippen LogP contribution is -2.29. The molecule has 1 aromatic heterocycles. The van der Waals surface area contributed by atoms with Gasteiger partial charge >= 0.3 is 0 Å². The first-order valence-electron chi connectivity index (χ1n) is 9.45. The predicted molar refractivity (Wildman–Crippen MR) is 115 cm³/mol. The number of benzene rings is 2. The van der Waals surface area contributed by atoms with E-state index >= 15 is 0 Å². The summed E-state index contributed by atoms with van der Waals surface area (Å²) in [4.78, 5) is 31.5. The highest BCUT2D eigenvalue weighted by Gasteiger charge is 2.46. The second-order valence-electron chi connectivity index (χ2n) is 7.21. The highest BCUT2D eigenvalue weighted by Crippen LogP contribution is 2.40. The van der Waals surface area contributed by atoms with E-state index in [-0.39, 0.29) is 17.9 Å². The van der Waals surface area contributed by atoms with E-state index in [1.54, 1.807) is 42.7 Å². The molecule has 0 unspecified atom stereocenters. The van der Waals surface area contributed by atoms with Crippen LogP contribution in [0.1, 0.15) is 28.3 Å². The van der Waals surface area contributed by atoms with Gasteiger partial charge in [-0.25, -0.2) is 0 Å². The molecule has 1 amide bonds. The van der Waals surface area contributed by atoms with Gasteiger partial charge in [-0.05, 0) is 48.4 Å². The van der Waals surface area contributed by atoms with Gasteiger partial charge in [-0.2, -0.15) is 0 Å². The zero-order valence-corrected chi connectivity index (χ0v) is 17.0. The van der Waals surface area contributed by atoms with Crippen LogP contribution in [0.5, 0.6) is 0 Å². The summed E-state index contributed by atoms with van der Waals surface area (Å²) in [7, 11) is 0. The topological polar surface area (TPSA) is 70.5 Å². The van der Waals surface area contributed by atoms with Crippen molar-refractivity contribution in [3.63, 3.8) is 0 Å². The minimum Gasteiger partial charge on any atom is -0.507 e. The Kier molecular flexibility index (Phi) is 5.38. The van der Waals surface area contributed by atoms with Gasteiger partial charge in [-0.15, -0.1) is 0 Å². The number of pyridine rings is 1. The van der Waals surface area contributed by atoms with Gasteiger partial charge in [0.25, 0.3) is 11.7 Å². The summed E-state index contributed by atoms with van der Waals surface area (Å²) in [5.41, 5.74) is 3.09. The van der Waals surface area contributed by atoms with Gasteiger partial charge in [0, 0.05) is 29.5 Å². The van der Waals surface area contributed by atoms with Crippen LogP contribution in [0.3, 0.4) is 0 Å². The smallest absolute Gasteiger partial charge is 0.295 e. The van der Waals surface area contributed by atoms with E-state index < -0.39 is 17.7 Å². The number of carbonyl (C=O) groups is 2. The van der Waals surface area contributed by atoms with Crippen molar-refractivity contribution in [3.05, 3.63) is 106 Å². The maximum Gasteiger partial charge on any atom is 0.295 e. The lowest BCUT2D eigenvalue weighted by atomic mass is 9.94. The molecule has 1 N–H and O–H groups in total. The number of ketones is 1. The first kappa shape index (κ1) is 19.9. The molecule has 0 bridgehead atoms. The quantitative estimate of drug-likeness (QED) is 0.380. The summed E-state index contributed by atoms with van der Waals surface area (Å²) in [6.07, 6.45) is 3.31. The van der Waals surface area contributed by atoms with Crippen molar-refractivity contribution in [2.75, 3.05) is 0 Å². The van der Waals surface area contributed by atoms with Crippen LogP contribution in [0.2, 0.25) is 5.02 Å². The molecule has 0 radical (unpaired) electrons. The number of halogens is 1. The maximum absolute atomic E-state index is 13.0. The number of Topliss-reactive ketones (excluding diaryl/α,β-unsaturated/α-hetero) is 1. The Morgan fingerprint density at radius 2 is 1.77 bits per heavy atom. The molecule has 30 heavy (non-hydrogen) atoms. The molecule has 2 heterocycles. The van der Waals surface area contributed by atoms with Gasteiger partial charge in [0.15, 0.2) is 0 Å². The maximum atomic E-state index is 13.0. The lowest BCUT2D eigenvalue weighted by Gasteiger charge is -2.25. The number of aliphatic hydroxyl groups excluding tert-OH is 1. The van der Waals surface area contributed by atoms with E-state index in [0.717, 1.165) is 16.7 Å². The molecule has 4 rings (SSSR count). The van der Waals surface area contributed by atoms with E-state index in [1.165, 1.54) is 4.90 Å². The van der Waals surface area contributed by atoms with Gasteiger partial charge in [0.2, 0.25) is 0 Å². The number of carbonyl (C=O) groups excluding carboxylic acids is 2. The van der Waals surface area contributed by atoms with Crippen LogP contribution in [0.4, 0.5) is 0 Å². The van der Waals surface area contributed by atoms with E-state index in [0.29, 0.717) is 10.6 Å². The van der Waals surface area contributed by atoms with Crippen molar-refractivity contribution in [2.24, 2.45) is 0 Å². The number of amides is 1. The summed E-state index contributed by atoms with van der Waals surface area (Å²) >= 11 is 5.95. The van der Waals surface area contributed by atoms with Gasteiger partial charge in [-0.1, -0.05) is 47.5 Å². The van der Waals surface area contributed by atoms with Crippen LogP contribution >= 0.6 is 11.6 Å². The van der Waals surface area contributed by atoms with E-state index in [9.17, 15) is 14.7 Å². The molecule has 1 atom stereocenters. The molecule has 0 saturated carbocycles. The fourth-order valence-electron chi connectivity index (χ4n) is 3.59. The summed E-state index contributed by atoms with van der Waals surface area (Å²) in [6, 6.07) is 17.0. The number of nitrogens with zero attached hydrogens (tertiary/aromatic N) is 2. The number of aryl methyl sites for hydroxylation is 1. The zero-order chi connectivity index (χ0) is 21.3. The fourth-order valence-corrected chi connectivity index (χ4v) is 3.72. The summed E-state index contributed by atoms with van der Waals surface area (Å²) in [6.45, 7) is 2.17. The third-order valence-electron chi connectivity index (χ3n) is 5.13. The zero-order valence-electron chi connectivity index (χ0n) is 16.2. The number of aromatic nitrogens is 1. The van der Waals surface area contributed by atoms with Crippen LogP contribution in [-0.2, 0) is 16.1 Å². The summed E-state index contributed by atoms with van der Waals surface area (Å²) < 4.78 is 0. The van der Waals surface area contributed by atoms with Crippen LogP contribution in [0, 0.1) is 6.92 Å². The second kappa shape index (κ2) is 8.13. The minimum atomic E-state index is -0.711. The minimum absolute atomic E-state index is 0.0649. The largest absolute Gasteiger partial charge is 0.507 e. The summed E-state index contributed by atoms with van der Waals surface area (Å²) in [5.74, 6) is -1.58. The monoisotopic (exact) mass is 418 g/mol. The number of hydrogen-bond donors (Lipinski definition) is 1. The molecule has 3 aromatic rings. The third kappa shape index (κ3) is 3.72. The first-order valence-corrected chi connectivity index (χ1v) is 9.83. The van der Waals surface area contributed by atoms with Crippen molar-refractivity contribution >= 4 is 29.1 Å². The fraction of sp³-hybridized carbons (Fsp3) is 0.125. The molecule has 6 heteroatoms. The SMILES string of the molecule is Cc1ccc([C@@H]2/C(=C(\O)c3ccc(Cl)cc3)C(=O)C(=O)N2Cc2cccnc2)cc1. The molecular weight excluding hydrogens is 400 g/mol. The lowest BCUT2D eigenvalue weighted by molar-refractivity contribution is -0.140. The van der Waals surface area contributed by atoms with E-state index in [2.05, 4.69) is 4.98 Å². The van der Waals surface area contributed by atoms with Gasteiger partial charge in [-0.3, -0.25) is 14.6 Å². The van der Waals surface area contributed by atoms with E-state index in [4.69, 9.17) is 11.6 Å². The van der Waals surface area contributed by atoms with Crippen LogP contribution in [0.25, 0.3) is 5.76 Å². The van der Waals surface area contributed by atoms with Crippen LogP contribution in [0.15, 0.2) is 78.6 Å². The Labute approximate surface area is 179 Å². The molecule has 1 aliphatic heterocycles. The van der Waals surface area contributed by atoms with Crippen molar-refractivity contribution < 1.29 is 14.7 Å². The Morgan fingerprint density at radius 3 is 2.40 bits per heavy atom. The molecule has 1 fully saturated rings. The van der Waals surface area contributed by atoms with Crippen LogP contribution < -0.4 is 0 Å². The number of hydrogen-bond acceptors (Lipinski definition) is 4. The normalized spacial score (nSPS) is 18.1. The Balaban J connectivity index is 1.85. The molecular formula is C24H19ClN2O3. The molecule has 5 nitrogen and oxygen atoms in total. The molecule has 2 aromatic carbocycles. The highest BCUT2D eigenvalue weighted by molar-refractivity contribution is 6.46. The van der Waals surface area contributed by atoms with E-state index in [1.807, 2.05) is 37.3 Å². The second-order valence-corrected chi connectivity index (χ2v) is 7.64. The van der Waals surface area contributed by atoms with Crippen molar-refractivity contribution in [1.29, 1.82) is 0 Å². The third-order valence-corrected chi connectivity index (χ3v) is 5.38. The summed E-state index contributed by atoms with van der Waals surface area (Å²) in [5, 5.41) is 11.5. The number of likely N-dealkylation sites (tertiary alicyclic amines) is 1. The first-order chi connectivity index (χ1) is 14.5. The number of rotatable bonds is 4. The van der Waals surface area contributed by atoms with Crippen LogP contribution in [-0.4, -0.2) is 26.7 Å².